The molecule has 2 aliphatic heterocycles. The Morgan fingerprint density at radius 2 is 2.03 bits per heavy atom. The first-order valence-electron chi connectivity index (χ1n) is 12.1. The lowest BCUT2D eigenvalue weighted by atomic mass is 9.95. The van der Waals surface area contributed by atoms with Gasteiger partial charge in [0.25, 0.3) is 0 Å². The molecular formula is C26H34N4O3. The Kier molecular flexibility index (Phi) is 7.94. The van der Waals surface area contributed by atoms with Gasteiger partial charge in [0.1, 0.15) is 5.82 Å². The van der Waals surface area contributed by atoms with Gasteiger partial charge in [0, 0.05) is 25.3 Å². The Morgan fingerprint density at radius 3 is 2.85 bits per heavy atom. The fraction of sp³-hybridized carbons (Fsp3) is 0.500. The highest BCUT2D eigenvalue weighted by molar-refractivity contribution is 5.81. The highest BCUT2D eigenvalue weighted by Gasteiger charge is 2.27. The van der Waals surface area contributed by atoms with Gasteiger partial charge < -0.3 is 20.6 Å². The molecule has 0 aliphatic carbocycles. The number of carboxylic acid groups (broad SMARTS) is 1. The van der Waals surface area contributed by atoms with E-state index in [2.05, 4.69) is 27.7 Å². The lowest BCUT2D eigenvalue weighted by Crippen LogP contribution is -2.44. The third kappa shape index (κ3) is 6.32. The molecule has 0 radical (unpaired) electrons. The van der Waals surface area contributed by atoms with Crippen molar-refractivity contribution in [2.45, 2.75) is 44.4 Å². The van der Waals surface area contributed by atoms with Gasteiger partial charge in [-0.2, -0.15) is 0 Å². The zero-order valence-corrected chi connectivity index (χ0v) is 19.1. The first-order valence-corrected chi connectivity index (χ1v) is 12.1. The van der Waals surface area contributed by atoms with Gasteiger partial charge in [0.15, 0.2) is 0 Å². The summed E-state index contributed by atoms with van der Waals surface area (Å²) in [6.07, 6.45) is 6.05. The Labute approximate surface area is 195 Å². The Balaban J connectivity index is 1.23. The van der Waals surface area contributed by atoms with Gasteiger partial charge in [-0.3, -0.25) is 9.59 Å². The quantitative estimate of drug-likeness (QED) is 0.544. The number of nitrogens with zero attached hydrogens (tertiary/aromatic N) is 2. The lowest BCUT2D eigenvalue weighted by Gasteiger charge is -2.32. The minimum atomic E-state index is -0.919. The zero-order chi connectivity index (χ0) is 23.0. The summed E-state index contributed by atoms with van der Waals surface area (Å²) in [5, 5.41) is 15.9. The maximum atomic E-state index is 12.8. The number of amides is 1. The van der Waals surface area contributed by atoms with Crippen LogP contribution in [0.5, 0.6) is 0 Å². The number of hydrogen-bond acceptors (Lipinski definition) is 5. The number of likely N-dealkylation sites (tertiary alicyclic amines) is 1. The van der Waals surface area contributed by atoms with Crippen LogP contribution in [-0.4, -0.2) is 59.6 Å². The van der Waals surface area contributed by atoms with Crippen LogP contribution in [0.25, 0.3) is 0 Å². The summed E-state index contributed by atoms with van der Waals surface area (Å²) < 4.78 is 0. The van der Waals surface area contributed by atoms with E-state index in [1.165, 1.54) is 12.0 Å². The molecule has 2 atom stereocenters. The van der Waals surface area contributed by atoms with Crippen molar-refractivity contribution in [2.24, 2.45) is 5.92 Å². The van der Waals surface area contributed by atoms with Crippen molar-refractivity contribution in [3.05, 3.63) is 59.3 Å². The van der Waals surface area contributed by atoms with Crippen molar-refractivity contribution in [3.63, 3.8) is 0 Å². The van der Waals surface area contributed by atoms with Gasteiger partial charge >= 0.3 is 5.97 Å². The van der Waals surface area contributed by atoms with E-state index >= 15 is 0 Å². The van der Waals surface area contributed by atoms with Crippen LogP contribution in [0.2, 0.25) is 0 Å². The van der Waals surface area contributed by atoms with Crippen molar-refractivity contribution in [3.8, 4) is 0 Å². The average molecular weight is 451 g/mol. The molecule has 2 aromatic rings. The number of aryl methyl sites for hydroxylation is 2. The van der Waals surface area contributed by atoms with Gasteiger partial charge in [-0.05, 0) is 68.8 Å². The molecule has 4 rings (SSSR count). The van der Waals surface area contributed by atoms with Crippen LogP contribution in [-0.2, 0) is 22.4 Å². The molecule has 0 bridgehead atoms. The molecule has 2 aliphatic rings. The summed E-state index contributed by atoms with van der Waals surface area (Å²) >= 11 is 0. The summed E-state index contributed by atoms with van der Waals surface area (Å²) in [5.41, 5.74) is 3.14. The van der Waals surface area contributed by atoms with Crippen molar-refractivity contribution in [2.75, 3.05) is 38.0 Å². The van der Waals surface area contributed by atoms with Crippen molar-refractivity contribution < 1.29 is 14.7 Å². The topological polar surface area (TPSA) is 94.6 Å². The number of carbonyl (C=O) groups is 2. The number of rotatable bonds is 9. The van der Waals surface area contributed by atoms with E-state index in [0.29, 0.717) is 5.56 Å². The van der Waals surface area contributed by atoms with Crippen LogP contribution < -0.4 is 10.6 Å². The van der Waals surface area contributed by atoms with E-state index in [1.54, 1.807) is 12.1 Å². The number of benzene rings is 1. The molecule has 176 valence electrons. The van der Waals surface area contributed by atoms with Crippen molar-refractivity contribution >= 4 is 17.7 Å². The minimum absolute atomic E-state index is 0.0377. The number of carboxylic acids is 1. The highest BCUT2D eigenvalue weighted by Crippen LogP contribution is 2.21. The Bertz CT molecular complexity index is 950. The van der Waals surface area contributed by atoms with Crippen LogP contribution in [0.1, 0.15) is 48.4 Å². The summed E-state index contributed by atoms with van der Waals surface area (Å²) in [6, 6.07) is 13.4. The van der Waals surface area contributed by atoms with Crippen LogP contribution in [0, 0.1) is 5.92 Å². The van der Waals surface area contributed by atoms with E-state index in [-0.39, 0.29) is 18.4 Å². The largest absolute Gasteiger partial charge is 0.481 e. The molecule has 3 N–H and O–H groups in total. The predicted octanol–water partition coefficient (Wildman–Crippen LogP) is 3.07. The third-order valence-electron chi connectivity index (χ3n) is 6.72. The molecule has 7 nitrogen and oxygen atoms in total. The van der Waals surface area contributed by atoms with E-state index in [4.69, 9.17) is 4.98 Å². The van der Waals surface area contributed by atoms with E-state index < -0.39 is 11.9 Å². The maximum absolute atomic E-state index is 12.8. The monoisotopic (exact) mass is 450 g/mol. The highest BCUT2D eigenvalue weighted by atomic mass is 16.4. The molecule has 0 spiro atoms. The number of pyridine rings is 1. The maximum Gasteiger partial charge on any atom is 0.312 e. The SMILES string of the molecule is O=C(NC[C@@H](C(=O)O)c1ccccc1)[C@@H]1CCCN(CCCc2ccc3c(n2)NCCC3)C1. The molecule has 3 heterocycles. The van der Waals surface area contributed by atoms with Gasteiger partial charge in [-0.15, -0.1) is 0 Å². The zero-order valence-electron chi connectivity index (χ0n) is 19.1. The molecule has 1 aromatic heterocycles. The number of nitrogens with one attached hydrogen (secondary N) is 2. The van der Waals surface area contributed by atoms with Gasteiger partial charge in [-0.25, -0.2) is 4.98 Å². The van der Waals surface area contributed by atoms with Crippen molar-refractivity contribution in [1.29, 1.82) is 0 Å². The smallest absolute Gasteiger partial charge is 0.312 e. The minimum Gasteiger partial charge on any atom is -0.481 e. The molecule has 7 heteroatoms. The van der Waals surface area contributed by atoms with E-state index in [9.17, 15) is 14.7 Å². The number of aromatic nitrogens is 1. The number of aliphatic carboxylic acids is 1. The van der Waals surface area contributed by atoms with Gasteiger partial charge in [-0.1, -0.05) is 36.4 Å². The molecule has 0 saturated carbocycles. The second kappa shape index (κ2) is 11.3. The molecule has 1 aromatic carbocycles. The standard InChI is InChI=1S/C26H34N4O3/c31-25(28-17-23(26(32)33)19-7-2-1-3-8-19)21-10-5-15-30(18-21)16-6-11-22-13-12-20-9-4-14-27-24(20)29-22/h1-3,7-8,12-13,21,23H,4-6,9-11,14-18H2,(H,27,29)(H,28,31)(H,32,33)/t21-,23-/m1/s1. The fourth-order valence-electron chi connectivity index (χ4n) is 4.84. The molecule has 0 unspecified atom stereocenters. The summed E-state index contributed by atoms with van der Waals surface area (Å²) in [4.78, 5) is 31.6. The molecule has 33 heavy (non-hydrogen) atoms. The first kappa shape index (κ1) is 23.2. The summed E-state index contributed by atoms with van der Waals surface area (Å²) in [6.45, 7) is 3.79. The Morgan fingerprint density at radius 1 is 1.18 bits per heavy atom. The summed E-state index contributed by atoms with van der Waals surface area (Å²) in [7, 11) is 0. The Hall–Kier alpha value is -2.93. The molecule has 1 saturated heterocycles. The van der Waals surface area contributed by atoms with Gasteiger partial charge in [0.05, 0.1) is 11.8 Å². The number of carbonyl (C=O) groups excluding carboxylic acids is 1. The van der Waals surface area contributed by atoms with E-state index in [1.807, 2.05) is 18.2 Å². The van der Waals surface area contributed by atoms with Crippen LogP contribution in [0.15, 0.2) is 42.5 Å². The molecular weight excluding hydrogens is 416 g/mol. The summed E-state index contributed by atoms with van der Waals surface area (Å²) in [5.74, 6) is -0.728. The fourth-order valence-corrected chi connectivity index (χ4v) is 4.84. The van der Waals surface area contributed by atoms with Crippen LogP contribution in [0.3, 0.4) is 0 Å². The van der Waals surface area contributed by atoms with Crippen LogP contribution >= 0.6 is 0 Å². The average Bonchev–Trinajstić information content (AvgIpc) is 2.84. The predicted molar refractivity (Wildman–Crippen MR) is 128 cm³/mol. The number of hydrogen-bond donors (Lipinski definition) is 3. The van der Waals surface area contributed by atoms with Crippen molar-refractivity contribution in [1.82, 2.24) is 15.2 Å². The third-order valence-corrected chi connectivity index (χ3v) is 6.72. The first-order chi connectivity index (χ1) is 16.1. The number of piperidine rings is 1. The number of fused-ring (bicyclic) bond motifs is 1. The second-order valence-corrected chi connectivity index (χ2v) is 9.13. The van der Waals surface area contributed by atoms with Gasteiger partial charge in [0.2, 0.25) is 5.91 Å². The second-order valence-electron chi connectivity index (χ2n) is 9.13. The van der Waals surface area contributed by atoms with E-state index in [0.717, 1.165) is 69.8 Å². The number of anilines is 1. The molecule has 1 fully saturated rings. The normalized spacial score (nSPS) is 19.2. The lowest BCUT2D eigenvalue weighted by molar-refractivity contribution is -0.138. The molecule has 1 amide bonds. The van der Waals surface area contributed by atoms with Crippen LogP contribution in [0.4, 0.5) is 5.82 Å².